The van der Waals surface area contributed by atoms with Crippen molar-refractivity contribution in [2.75, 3.05) is 50.7 Å². The molecular weight excluding hydrogens is 973 g/mol. The summed E-state index contributed by atoms with van der Waals surface area (Å²) in [5.74, 6) is 2.13. The normalized spacial score (nSPS) is 10.9. The number of amides is 2. The fourth-order valence-electron chi connectivity index (χ4n) is 9.17. The van der Waals surface area contributed by atoms with Gasteiger partial charge in [-0.3, -0.25) is 19.6 Å². The van der Waals surface area contributed by atoms with Crippen molar-refractivity contribution in [3.8, 4) is 28.7 Å². The number of aryl methyl sites for hydroxylation is 1. The number of carbonyl (C=O) groups excluding carboxylic acids is 2. The van der Waals surface area contributed by atoms with E-state index in [9.17, 15) is 9.59 Å². The Labute approximate surface area is 451 Å². The number of rotatable bonds is 27. The molecule has 0 bridgehead atoms. The summed E-state index contributed by atoms with van der Waals surface area (Å²) < 4.78 is 30.6. The standard InChI is InChI=1S/C31H36N4O4.C29H36N6O3/c1-5-23-21(18-33-17-20-11-13-22(37-4)14-12-20)9-8-10-26(23)35-30-24-15-28(38-6-2)29(39-7-3)16-27(24)34-19-25(30)31(32)36;1-4-21-20(17-31-11-8-13-35-14-12-32-19-35)9-7-10-24(21)34-28-22-15-26(37-5-2)27(38-6-3)16-25(22)33-18-23(28)29(30)36/h8-16,19,33H,5-7,17-18H2,1-4H3,(H2,32,36)(H,34,35);7,9-10,12,14-16,18-19,31H,4-6,8,11,13,17H2,1-3H3,(H2,30,36)(H,33,34). The summed E-state index contributed by atoms with van der Waals surface area (Å²) in [6, 6.07) is 27.7. The number of carbonyl (C=O) groups is 2. The van der Waals surface area contributed by atoms with Gasteiger partial charge in [0.05, 0.1) is 73.4 Å². The van der Waals surface area contributed by atoms with Gasteiger partial charge >= 0.3 is 0 Å². The van der Waals surface area contributed by atoms with E-state index in [1.807, 2.05) is 101 Å². The van der Waals surface area contributed by atoms with Crippen LogP contribution in [0.5, 0.6) is 28.7 Å². The van der Waals surface area contributed by atoms with Gasteiger partial charge < -0.3 is 61.0 Å². The van der Waals surface area contributed by atoms with E-state index >= 15 is 0 Å². The number of aromatic nitrogens is 4. The second-order valence-electron chi connectivity index (χ2n) is 17.8. The van der Waals surface area contributed by atoms with Gasteiger partial charge in [0.2, 0.25) is 0 Å². The summed E-state index contributed by atoms with van der Waals surface area (Å²) in [5.41, 5.74) is 22.4. The minimum Gasteiger partial charge on any atom is -0.497 e. The molecule has 77 heavy (non-hydrogen) atoms. The van der Waals surface area contributed by atoms with E-state index in [1.54, 1.807) is 13.3 Å². The Morgan fingerprint density at radius 3 is 1.51 bits per heavy atom. The summed E-state index contributed by atoms with van der Waals surface area (Å²) >= 11 is 0. The van der Waals surface area contributed by atoms with Crippen molar-refractivity contribution in [2.45, 2.75) is 87.0 Å². The summed E-state index contributed by atoms with van der Waals surface area (Å²) in [6.45, 7) is 17.9. The van der Waals surface area contributed by atoms with Gasteiger partial charge in [-0.25, -0.2) is 4.98 Å². The lowest BCUT2D eigenvalue weighted by Crippen LogP contribution is -2.18. The van der Waals surface area contributed by atoms with Crippen molar-refractivity contribution in [3.63, 3.8) is 0 Å². The highest BCUT2D eigenvalue weighted by atomic mass is 16.5. The molecule has 0 radical (unpaired) electrons. The van der Waals surface area contributed by atoms with Gasteiger partial charge in [-0.1, -0.05) is 50.2 Å². The minimum atomic E-state index is -0.561. The Morgan fingerprint density at radius 2 is 1.08 bits per heavy atom. The molecule has 0 fully saturated rings. The van der Waals surface area contributed by atoms with Crippen molar-refractivity contribution in [2.24, 2.45) is 11.5 Å². The number of hydrogen-bond donors (Lipinski definition) is 6. The molecular formula is C60H72N10O7. The Kier molecular flexibility index (Phi) is 20.4. The van der Waals surface area contributed by atoms with Crippen LogP contribution >= 0.6 is 0 Å². The molecule has 5 aromatic carbocycles. The van der Waals surface area contributed by atoms with Crippen LogP contribution in [-0.2, 0) is 39.0 Å². The fraction of sp³-hybridized carbons (Fsp3) is 0.317. The summed E-state index contributed by atoms with van der Waals surface area (Å²) in [4.78, 5) is 37.9. The third kappa shape index (κ3) is 14.3. The topological polar surface area (TPSA) is 224 Å². The lowest BCUT2D eigenvalue weighted by Gasteiger charge is -2.19. The summed E-state index contributed by atoms with van der Waals surface area (Å²) in [5, 5.41) is 15.6. The van der Waals surface area contributed by atoms with Crippen LogP contribution in [0.2, 0.25) is 0 Å². The number of anilines is 4. The molecule has 8 rings (SSSR count). The fourth-order valence-corrected chi connectivity index (χ4v) is 9.17. The van der Waals surface area contributed by atoms with E-state index in [0.717, 1.165) is 78.9 Å². The molecule has 0 unspecified atom stereocenters. The number of methoxy groups -OCH3 is 1. The van der Waals surface area contributed by atoms with Gasteiger partial charge in [-0.15, -0.1) is 0 Å². The molecule has 3 heterocycles. The number of ether oxygens (including phenoxy) is 5. The van der Waals surface area contributed by atoms with Crippen LogP contribution in [0.3, 0.4) is 0 Å². The second-order valence-corrected chi connectivity index (χ2v) is 17.8. The molecule has 0 aliphatic rings. The average Bonchev–Trinajstić information content (AvgIpc) is 3.96. The van der Waals surface area contributed by atoms with Gasteiger partial charge in [-0.2, -0.15) is 0 Å². The number of nitrogens with two attached hydrogens (primary N) is 2. The molecule has 17 nitrogen and oxygen atoms in total. The van der Waals surface area contributed by atoms with Crippen molar-refractivity contribution in [1.29, 1.82) is 0 Å². The summed E-state index contributed by atoms with van der Waals surface area (Å²) in [7, 11) is 1.66. The molecule has 0 saturated heterocycles. The highest BCUT2D eigenvalue weighted by molar-refractivity contribution is 6.09. The zero-order valence-electron chi connectivity index (χ0n) is 45.3. The highest BCUT2D eigenvalue weighted by Crippen LogP contribution is 2.40. The zero-order valence-corrected chi connectivity index (χ0v) is 45.3. The van der Waals surface area contributed by atoms with E-state index in [4.69, 9.17) is 35.2 Å². The quantitative estimate of drug-likeness (QED) is 0.0264. The molecule has 8 aromatic rings. The maximum atomic E-state index is 12.4. The molecule has 0 saturated carbocycles. The number of hydrogen-bond acceptors (Lipinski definition) is 14. The number of primary amides is 2. The van der Waals surface area contributed by atoms with E-state index in [2.05, 4.69) is 78.9 Å². The number of imidazole rings is 1. The van der Waals surface area contributed by atoms with E-state index in [0.29, 0.717) is 89.5 Å². The third-order valence-corrected chi connectivity index (χ3v) is 12.8. The molecule has 3 aromatic heterocycles. The first-order valence-corrected chi connectivity index (χ1v) is 26.3. The van der Waals surface area contributed by atoms with Gasteiger partial charge in [0.15, 0.2) is 23.0 Å². The number of benzene rings is 5. The monoisotopic (exact) mass is 1040 g/mol. The Balaban J connectivity index is 0.000000224. The number of nitrogens with zero attached hydrogens (tertiary/aromatic N) is 4. The maximum Gasteiger partial charge on any atom is 0.252 e. The smallest absolute Gasteiger partial charge is 0.252 e. The third-order valence-electron chi connectivity index (χ3n) is 12.8. The molecule has 0 aliphatic heterocycles. The zero-order chi connectivity index (χ0) is 54.7. The van der Waals surface area contributed by atoms with Crippen LogP contribution in [0.1, 0.15) is 96.5 Å². The van der Waals surface area contributed by atoms with Gasteiger partial charge in [0, 0.05) is 85.2 Å². The molecule has 17 heteroatoms. The van der Waals surface area contributed by atoms with Crippen LogP contribution in [0.15, 0.2) is 116 Å². The average molecular weight is 1050 g/mol. The van der Waals surface area contributed by atoms with Crippen LogP contribution in [0.25, 0.3) is 21.8 Å². The van der Waals surface area contributed by atoms with Crippen molar-refractivity contribution in [3.05, 3.63) is 155 Å². The van der Waals surface area contributed by atoms with E-state index in [1.165, 1.54) is 34.6 Å². The number of pyridine rings is 2. The predicted octanol–water partition coefficient (Wildman–Crippen LogP) is 10.5. The predicted molar refractivity (Wildman–Crippen MR) is 305 cm³/mol. The largest absolute Gasteiger partial charge is 0.497 e. The molecule has 8 N–H and O–H groups in total. The summed E-state index contributed by atoms with van der Waals surface area (Å²) in [6.07, 6.45) is 11.3. The van der Waals surface area contributed by atoms with Gasteiger partial charge in [0.25, 0.3) is 11.8 Å². The Bertz CT molecular complexity index is 3240. The first-order valence-electron chi connectivity index (χ1n) is 26.3. The second kappa shape index (κ2) is 27.9. The lowest BCUT2D eigenvalue weighted by atomic mass is 10.0. The first kappa shape index (κ1) is 56.3. The molecule has 404 valence electrons. The van der Waals surface area contributed by atoms with Crippen LogP contribution in [-0.4, -0.2) is 71.4 Å². The number of fused-ring (bicyclic) bond motifs is 2. The first-order chi connectivity index (χ1) is 37.5. The SMILES string of the molecule is CCOc1cc2ncc(C(N)=O)c(Nc3cccc(CNCCCn4ccnc4)c3CC)c2cc1OCC.CCOc1cc2ncc(C(N)=O)c(Nc3cccc(CNCc4ccc(OC)cc4)c3CC)c2cc1OCC. The molecule has 2 amide bonds. The van der Waals surface area contributed by atoms with Crippen LogP contribution in [0.4, 0.5) is 22.7 Å². The minimum absolute atomic E-state index is 0.305. The Morgan fingerprint density at radius 1 is 0.597 bits per heavy atom. The van der Waals surface area contributed by atoms with E-state index < -0.39 is 11.8 Å². The highest BCUT2D eigenvalue weighted by Gasteiger charge is 2.21. The van der Waals surface area contributed by atoms with Crippen LogP contribution in [0, 0.1) is 0 Å². The van der Waals surface area contributed by atoms with E-state index in [-0.39, 0.29) is 0 Å². The molecule has 0 atom stereocenters. The van der Waals surface area contributed by atoms with Crippen molar-refractivity contribution >= 4 is 56.4 Å². The van der Waals surface area contributed by atoms with Gasteiger partial charge in [-0.05, 0) is 118 Å². The van der Waals surface area contributed by atoms with Crippen molar-refractivity contribution < 1.29 is 33.3 Å². The lowest BCUT2D eigenvalue weighted by molar-refractivity contribution is 0.0992. The Hall–Kier alpha value is -8.41. The molecule has 0 spiro atoms. The van der Waals surface area contributed by atoms with Crippen LogP contribution < -0.4 is 56.4 Å². The molecule has 0 aliphatic carbocycles. The maximum absolute atomic E-state index is 12.4. The number of nitrogens with one attached hydrogen (secondary N) is 4. The van der Waals surface area contributed by atoms with Gasteiger partial charge in [0.1, 0.15) is 5.75 Å². The van der Waals surface area contributed by atoms with Crippen molar-refractivity contribution in [1.82, 2.24) is 30.2 Å².